The summed E-state index contributed by atoms with van der Waals surface area (Å²) in [6.07, 6.45) is 4.46. The van der Waals surface area contributed by atoms with Crippen molar-refractivity contribution in [1.29, 1.82) is 0 Å². The van der Waals surface area contributed by atoms with Gasteiger partial charge in [0, 0.05) is 31.5 Å². The quantitative estimate of drug-likeness (QED) is 0.741. The van der Waals surface area contributed by atoms with Crippen molar-refractivity contribution in [3.05, 3.63) is 30.1 Å². The van der Waals surface area contributed by atoms with Gasteiger partial charge in [-0.1, -0.05) is 13.0 Å². The lowest BCUT2D eigenvalue weighted by molar-refractivity contribution is -0.122. The summed E-state index contributed by atoms with van der Waals surface area (Å²) in [5.74, 6) is 0.0293. The smallest absolute Gasteiger partial charge is 0.234 e. The van der Waals surface area contributed by atoms with Crippen LogP contribution in [-0.4, -0.2) is 42.5 Å². The van der Waals surface area contributed by atoms with Crippen LogP contribution in [0.2, 0.25) is 0 Å². The SMILES string of the molecule is CCCNC(=O)CN(C)C(CN)c1cccnc1. The number of carbonyl (C=O) groups is 1. The van der Waals surface area contributed by atoms with Crippen molar-refractivity contribution in [2.45, 2.75) is 19.4 Å². The van der Waals surface area contributed by atoms with Crippen LogP contribution in [0.4, 0.5) is 0 Å². The molecule has 0 radical (unpaired) electrons. The highest BCUT2D eigenvalue weighted by molar-refractivity contribution is 5.78. The lowest BCUT2D eigenvalue weighted by Crippen LogP contribution is -2.39. The van der Waals surface area contributed by atoms with E-state index in [2.05, 4.69) is 10.3 Å². The van der Waals surface area contributed by atoms with Crippen molar-refractivity contribution < 1.29 is 4.79 Å². The maximum atomic E-state index is 11.7. The fourth-order valence-electron chi connectivity index (χ4n) is 1.80. The number of hydrogen-bond donors (Lipinski definition) is 2. The zero-order chi connectivity index (χ0) is 13.4. The van der Waals surface area contributed by atoms with Crippen LogP contribution in [-0.2, 0) is 4.79 Å². The summed E-state index contributed by atoms with van der Waals surface area (Å²) >= 11 is 0. The molecule has 0 aromatic carbocycles. The number of nitrogens with zero attached hydrogens (tertiary/aromatic N) is 2. The second-order valence-corrected chi connectivity index (χ2v) is 4.30. The van der Waals surface area contributed by atoms with Crippen LogP contribution in [0.3, 0.4) is 0 Å². The minimum atomic E-state index is 0.0195. The normalized spacial score (nSPS) is 12.4. The van der Waals surface area contributed by atoms with E-state index in [0.717, 1.165) is 12.0 Å². The first-order chi connectivity index (χ1) is 8.69. The number of aromatic nitrogens is 1. The molecule has 18 heavy (non-hydrogen) atoms. The molecule has 0 aliphatic rings. The van der Waals surface area contributed by atoms with E-state index in [1.165, 1.54) is 0 Å². The van der Waals surface area contributed by atoms with Gasteiger partial charge in [0.05, 0.1) is 6.54 Å². The lowest BCUT2D eigenvalue weighted by atomic mass is 10.1. The van der Waals surface area contributed by atoms with E-state index >= 15 is 0 Å². The van der Waals surface area contributed by atoms with Gasteiger partial charge < -0.3 is 11.1 Å². The average Bonchev–Trinajstić information content (AvgIpc) is 2.38. The third kappa shape index (κ3) is 4.43. The second-order valence-electron chi connectivity index (χ2n) is 4.30. The first-order valence-electron chi connectivity index (χ1n) is 6.26. The van der Waals surface area contributed by atoms with Crippen LogP contribution in [0.1, 0.15) is 24.9 Å². The lowest BCUT2D eigenvalue weighted by Gasteiger charge is -2.26. The Morgan fingerprint density at radius 2 is 2.39 bits per heavy atom. The fraction of sp³-hybridized carbons (Fsp3) is 0.538. The van der Waals surface area contributed by atoms with Crippen molar-refractivity contribution in [3.63, 3.8) is 0 Å². The van der Waals surface area contributed by atoms with Crippen molar-refractivity contribution in [1.82, 2.24) is 15.2 Å². The first kappa shape index (κ1) is 14.6. The van der Waals surface area contributed by atoms with Gasteiger partial charge in [-0.2, -0.15) is 0 Å². The summed E-state index contributed by atoms with van der Waals surface area (Å²) in [5, 5.41) is 2.86. The summed E-state index contributed by atoms with van der Waals surface area (Å²) < 4.78 is 0. The zero-order valence-electron chi connectivity index (χ0n) is 11.1. The van der Waals surface area contributed by atoms with Crippen molar-refractivity contribution in [3.8, 4) is 0 Å². The van der Waals surface area contributed by atoms with Crippen molar-refractivity contribution in [2.24, 2.45) is 5.73 Å². The van der Waals surface area contributed by atoms with Crippen molar-refractivity contribution in [2.75, 3.05) is 26.7 Å². The molecule has 0 aliphatic carbocycles. The molecule has 1 amide bonds. The Morgan fingerprint density at radius 3 is 2.94 bits per heavy atom. The molecule has 0 spiro atoms. The predicted octanol–water partition coefficient (Wildman–Crippen LogP) is 0.539. The van der Waals surface area contributed by atoms with Crippen LogP contribution >= 0.6 is 0 Å². The molecule has 1 unspecified atom stereocenters. The standard InChI is InChI=1S/C13H22N4O/c1-3-6-16-13(18)10-17(2)12(8-14)11-5-4-7-15-9-11/h4-5,7,9,12H,3,6,8,10,14H2,1-2H3,(H,16,18). The van der Waals surface area contributed by atoms with Gasteiger partial charge >= 0.3 is 0 Å². The highest BCUT2D eigenvalue weighted by Gasteiger charge is 2.17. The van der Waals surface area contributed by atoms with Crippen LogP contribution in [0.25, 0.3) is 0 Å². The molecule has 5 heteroatoms. The Morgan fingerprint density at radius 1 is 1.61 bits per heavy atom. The van der Waals surface area contributed by atoms with Gasteiger partial charge in [-0.3, -0.25) is 14.7 Å². The number of amides is 1. The van der Waals surface area contributed by atoms with E-state index in [1.54, 1.807) is 12.4 Å². The topological polar surface area (TPSA) is 71.2 Å². The molecule has 1 heterocycles. The van der Waals surface area contributed by atoms with E-state index in [0.29, 0.717) is 19.6 Å². The summed E-state index contributed by atoms with van der Waals surface area (Å²) in [6, 6.07) is 3.87. The van der Waals surface area contributed by atoms with Crippen LogP contribution in [0.5, 0.6) is 0 Å². The Bertz CT molecular complexity index is 355. The second kappa shape index (κ2) is 7.79. The number of nitrogens with two attached hydrogens (primary N) is 1. The van der Waals surface area contributed by atoms with Crippen LogP contribution in [0.15, 0.2) is 24.5 Å². The van der Waals surface area contributed by atoms with E-state index < -0.39 is 0 Å². The molecular weight excluding hydrogens is 228 g/mol. The average molecular weight is 250 g/mol. The van der Waals surface area contributed by atoms with Crippen LogP contribution < -0.4 is 11.1 Å². The molecule has 1 rings (SSSR count). The van der Waals surface area contributed by atoms with Gasteiger partial charge in [-0.15, -0.1) is 0 Å². The number of hydrogen-bond acceptors (Lipinski definition) is 4. The van der Waals surface area contributed by atoms with Gasteiger partial charge in [0.15, 0.2) is 0 Å². The predicted molar refractivity (Wildman–Crippen MR) is 72.0 cm³/mol. The van der Waals surface area contributed by atoms with Gasteiger partial charge in [-0.05, 0) is 25.1 Å². The Kier molecular flexibility index (Phi) is 6.32. The van der Waals surface area contributed by atoms with Gasteiger partial charge in [0.25, 0.3) is 0 Å². The molecular formula is C13H22N4O. The minimum Gasteiger partial charge on any atom is -0.355 e. The molecule has 1 aromatic rings. The first-order valence-corrected chi connectivity index (χ1v) is 6.26. The third-order valence-corrected chi connectivity index (χ3v) is 2.79. The maximum absolute atomic E-state index is 11.7. The van der Waals surface area contributed by atoms with E-state index in [4.69, 9.17) is 5.73 Å². The zero-order valence-corrected chi connectivity index (χ0v) is 11.1. The van der Waals surface area contributed by atoms with Gasteiger partial charge in [-0.25, -0.2) is 0 Å². The largest absolute Gasteiger partial charge is 0.355 e. The summed E-state index contributed by atoms with van der Waals surface area (Å²) in [5.41, 5.74) is 6.81. The van der Waals surface area contributed by atoms with Crippen molar-refractivity contribution >= 4 is 5.91 Å². The molecule has 1 atom stereocenters. The summed E-state index contributed by atoms with van der Waals surface area (Å²) in [4.78, 5) is 17.7. The maximum Gasteiger partial charge on any atom is 0.234 e. The minimum absolute atomic E-state index is 0.0195. The number of carbonyl (C=O) groups excluding carboxylic acids is 1. The Labute approximate surface area is 108 Å². The molecule has 5 nitrogen and oxygen atoms in total. The van der Waals surface area contributed by atoms with Gasteiger partial charge in [0.2, 0.25) is 5.91 Å². The monoisotopic (exact) mass is 250 g/mol. The number of likely N-dealkylation sites (N-methyl/N-ethyl adjacent to an activating group) is 1. The van der Waals surface area contributed by atoms with Crippen LogP contribution in [0, 0.1) is 0 Å². The van der Waals surface area contributed by atoms with Gasteiger partial charge in [0.1, 0.15) is 0 Å². The number of nitrogens with one attached hydrogen (secondary N) is 1. The fourth-order valence-corrected chi connectivity index (χ4v) is 1.80. The molecule has 1 aromatic heterocycles. The van der Waals surface area contributed by atoms with E-state index in [9.17, 15) is 4.79 Å². The summed E-state index contributed by atoms with van der Waals surface area (Å²) in [7, 11) is 1.90. The molecule has 0 aliphatic heterocycles. The Balaban J connectivity index is 2.57. The van der Waals surface area contributed by atoms with E-state index in [-0.39, 0.29) is 11.9 Å². The Hall–Kier alpha value is -1.46. The molecule has 0 bridgehead atoms. The summed E-state index contributed by atoms with van der Waals surface area (Å²) in [6.45, 7) is 3.55. The molecule has 0 saturated carbocycles. The third-order valence-electron chi connectivity index (χ3n) is 2.79. The van der Waals surface area contributed by atoms with E-state index in [1.807, 2.05) is 31.0 Å². The molecule has 0 fully saturated rings. The molecule has 3 N–H and O–H groups in total. The number of rotatable bonds is 7. The molecule has 0 saturated heterocycles. The highest BCUT2D eigenvalue weighted by atomic mass is 16.2. The molecule has 100 valence electrons. The number of pyridine rings is 1. The highest BCUT2D eigenvalue weighted by Crippen LogP contribution is 2.16.